The number of carbonyl (C=O) groups excluding carboxylic acids is 1. The van der Waals surface area contributed by atoms with Crippen LogP contribution in [0.2, 0.25) is 0 Å². The van der Waals surface area contributed by atoms with Crippen LogP contribution in [-0.2, 0) is 16.0 Å². The van der Waals surface area contributed by atoms with Gasteiger partial charge in [-0.3, -0.25) is 0 Å². The van der Waals surface area contributed by atoms with Crippen molar-refractivity contribution in [2.75, 3.05) is 32.9 Å². The molecule has 0 aliphatic heterocycles. The van der Waals surface area contributed by atoms with Crippen molar-refractivity contribution in [3.05, 3.63) is 88.9 Å². The van der Waals surface area contributed by atoms with E-state index in [1.54, 1.807) is 48.2 Å². The number of benzene rings is 3. The van der Waals surface area contributed by atoms with Crippen molar-refractivity contribution in [3.63, 3.8) is 0 Å². The van der Waals surface area contributed by atoms with Crippen LogP contribution in [0.1, 0.15) is 18.9 Å². The molecule has 9 heteroatoms. The van der Waals surface area contributed by atoms with Crippen LogP contribution in [0.25, 0.3) is 0 Å². The predicted molar refractivity (Wildman–Crippen MR) is 147 cm³/mol. The molecule has 1 unspecified atom stereocenters. The largest absolute Gasteiger partial charge is 0.494 e. The Kier molecular flexibility index (Phi) is 11.9. The number of ether oxygens (including phenoxy) is 4. The van der Waals surface area contributed by atoms with Gasteiger partial charge in [0.05, 0.1) is 13.2 Å². The van der Waals surface area contributed by atoms with Gasteiger partial charge in [-0.05, 0) is 67.4 Å². The minimum atomic E-state index is -0.989. The van der Waals surface area contributed by atoms with Crippen molar-refractivity contribution in [2.45, 2.75) is 25.9 Å². The Morgan fingerprint density at radius 1 is 0.842 bits per heavy atom. The summed E-state index contributed by atoms with van der Waals surface area (Å²) in [5, 5.41) is 9.27. The number of carbonyl (C=O) groups is 2. The van der Waals surface area contributed by atoms with Crippen molar-refractivity contribution in [1.82, 2.24) is 4.90 Å². The van der Waals surface area contributed by atoms with Crippen LogP contribution >= 0.6 is 15.9 Å². The number of para-hydroxylation sites is 1. The first-order chi connectivity index (χ1) is 18.4. The number of carboxylic acids is 1. The fraction of sp³-hybridized carbons (Fsp3) is 0.310. The Labute approximate surface area is 231 Å². The Balaban J connectivity index is 1.53. The van der Waals surface area contributed by atoms with Crippen molar-refractivity contribution in [1.29, 1.82) is 0 Å². The summed E-state index contributed by atoms with van der Waals surface area (Å²) < 4.78 is 23.3. The maximum absolute atomic E-state index is 12.9. The molecule has 0 aromatic heterocycles. The van der Waals surface area contributed by atoms with E-state index in [1.165, 1.54) is 0 Å². The van der Waals surface area contributed by atoms with E-state index in [0.29, 0.717) is 44.2 Å². The normalized spacial score (nSPS) is 11.4. The van der Waals surface area contributed by atoms with Crippen molar-refractivity contribution in [3.8, 4) is 17.2 Å². The molecule has 0 bridgehead atoms. The highest BCUT2D eigenvalue weighted by atomic mass is 79.9. The number of rotatable bonds is 15. The zero-order valence-electron chi connectivity index (χ0n) is 21.3. The lowest BCUT2D eigenvalue weighted by atomic mass is 10.1. The van der Waals surface area contributed by atoms with Crippen molar-refractivity contribution in [2.24, 2.45) is 0 Å². The topological polar surface area (TPSA) is 94.5 Å². The van der Waals surface area contributed by atoms with Crippen LogP contribution < -0.4 is 14.2 Å². The molecular weight excluding hydrogens is 554 g/mol. The van der Waals surface area contributed by atoms with Gasteiger partial charge in [-0.2, -0.15) is 0 Å². The lowest BCUT2D eigenvalue weighted by Crippen LogP contribution is -2.38. The van der Waals surface area contributed by atoms with E-state index in [-0.39, 0.29) is 13.0 Å². The van der Waals surface area contributed by atoms with Gasteiger partial charge < -0.3 is 29.0 Å². The first kappa shape index (κ1) is 29.0. The van der Waals surface area contributed by atoms with E-state index in [0.717, 1.165) is 15.8 Å². The van der Waals surface area contributed by atoms with Gasteiger partial charge in [0.2, 0.25) is 0 Å². The van der Waals surface area contributed by atoms with E-state index in [9.17, 15) is 14.7 Å². The molecule has 3 aromatic rings. The molecule has 202 valence electrons. The molecule has 8 nitrogen and oxygen atoms in total. The lowest BCUT2D eigenvalue weighted by Gasteiger charge is -2.22. The summed E-state index contributed by atoms with van der Waals surface area (Å²) in [5.41, 5.74) is 0.830. The number of amides is 1. The number of nitrogens with zero attached hydrogens (tertiary/aromatic N) is 1. The molecule has 1 N–H and O–H groups in total. The van der Waals surface area contributed by atoms with Gasteiger partial charge in [-0.15, -0.1) is 0 Å². The molecule has 0 spiro atoms. The molecule has 0 saturated heterocycles. The zero-order valence-corrected chi connectivity index (χ0v) is 22.8. The molecule has 0 radical (unpaired) electrons. The summed E-state index contributed by atoms with van der Waals surface area (Å²) in [6.45, 7) is 3.54. The number of carboxylic acid groups (broad SMARTS) is 1. The van der Waals surface area contributed by atoms with Gasteiger partial charge in [0.1, 0.15) is 23.9 Å². The Morgan fingerprint density at radius 2 is 1.47 bits per heavy atom. The average molecular weight is 586 g/mol. The Morgan fingerprint density at radius 3 is 2.13 bits per heavy atom. The van der Waals surface area contributed by atoms with Gasteiger partial charge in [0.15, 0.2) is 6.10 Å². The van der Waals surface area contributed by atoms with Gasteiger partial charge in [-0.1, -0.05) is 46.3 Å². The van der Waals surface area contributed by atoms with E-state index in [1.807, 2.05) is 42.5 Å². The predicted octanol–water partition coefficient (Wildman–Crippen LogP) is 5.83. The lowest BCUT2D eigenvalue weighted by molar-refractivity contribution is -0.149. The van der Waals surface area contributed by atoms with E-state index < -0.39 is 18.2 Å². The van der Waals surface area contributed by atoms with Crippen LogP contribution in [-0.4, -0.2) is 61.1 Å². The van der Waals surface area contributed by atoms with Gasteiger partial charge in [0, 0.05) is 24.0 Å². The monoisotopic (exact) mass is 585 g/mol. The first-order valence-electron chi connectivity index (χ1n) is 12.4. The Hall–Kier alpha value is -3.56. The number of aliphatic carboxylic acids is 1. The van der Waals surface area contributed by atoms with Crippen molar-refractivity contribution < 1.29 is 33.6 Å². The zero-order chi connectivity index (χ0) is 27.2. The van der Waals surface area contributed by atoms with Gasteiger partial charge >= 0.3 is 12.1 Å². The van der Waals surface area contributed by atoms with Crippen LogP contribution in [0.3, 0.4) is 0 Å². The average Bonchev–Trinajstić information content (AvgIpc) is 2.92. The number of hydrogen-bond donors (Lipinski definition) is 1. The molecule has 1 amide bonds. The molecular formula is C29H32BrNO7. The number of hydrogen-bond acceptors (Lipinski definition) is 6. The third-order valence-corrected chi connectivity index (χ3v) is 6.01. The molecule has 3 rings (SSSR count). The second-order valence-corrected chi connectivity index (χ2v) is 9.22. The van der Waals surface area contributed by atoms with Crippen LogP contribution in [0.4, 0.5) is 4.79 Å². The number of halogens is 1. The summed E-state index contributed by atoms with van der Waals surface area (Å²) >= 11 is 3.37. The van der Waals surface area contributed by atoms with E-state index in [2.05, 4.69) is 15.9 Å². The summed E-state index contributed by atoms with van der Waals surface area (Å²) in [5.74, 6) is 0.855. The third-order valence-electron chi connectivity index (χ3n) is 5.48. The molecule has 0 saturated carbocycles. The van der Waals surface area contributed by atoms with E-state index in [4.69, 9.17) is 18.9 Å². The molecule has 0 aliphatic carbocycles. The fourth-order valence-electron chi connectivity index (χ4n) is 3.55. The molecule has 0 aliphatic rings. The second-order valence-electron chi connectivity index (χ2n) is 8.30. The molecule has 0 heterocycles. The van der Waals surface area contributed by atoms with Gasteiger partial charge in [-0.25, -0.2) is 9.59 Å². The summed E-state index contributed by atoms with van der Waals surface area (Å²) in [7, 11) is 0. The highest BCUT2D eigenvalue weighted by Gasteiger charge is 2.18. The third kappa shape index (κ3) is 10.1. The summed E-state index contributed by atoms with van der Waals surface area (Å²) in [6.07, 6.45) is -0.474. The fourth-order valence-corrected chi connectivity index (χ4v) is 3.82. The summed E-state index contributed by atoms with van der Waals surface area (Å²) in [4.78, 5) is 25.8. The highest BCUT2D eigenvalue weighted by molar-refractivity contribution is 9.10. The molecule has 1 atom stereocenters. The quantitative estimate of drug-likeness (QED) is 0.224. The maximum Gasteiger partial charge on any atom is 0.415 e. The van der Waals surface area contributed by atoms with Gasteiger partial charge in [0.25, 0.3) is 0 Å². The smallest absolute Gasteiger partial charge is 0.415 e. The van der Waals surface area contributed by atoms with Crippen LogP contribution in [0, 0.1) is 0 Å². The minimum absolute atomic E-state index is 0.255. The maximum atomic E-state index is 12.9. The first-order valence-corrected chi connectivity index (χ1v) is 13.2. The molecule has 3 aromatic carbocycles. The SMILES string of the molecule is CCOC(Cc1ccc(OCCN(CCCOc2ccccc2)C(=O)Oc2ccc(Br)cc2)cc1)C(=O)O. The van der Waals surface area contributed by atoms with Crippen molar-refractivity contribution >= 4 is 28.0 Å². The highest BCUT2D eigenvalue weighted by Crippen LogP contribution is 2.18. The van der Waals surface area contributed by atoms with E-state index >= 15 is 0 Å². The minimum Gasteiger partial charge on any atom is -0.494 e. The standard InChI is InChI=1S/C29H32BrNO7/c1-2-35-27(28(32)33)21-22-9-13-25(14-10-22)37-20-18-31(17-6-19-36-24-7-4-3-5-8-24)29(34)38-26-15-11-23(30)12-16-26/h3-5,7-16,27H,2,6,17-21H2,1H3,(H,32,33). The second kappa shape index (κ2) is 15.6. The van der Waals surface area contributed by atoms with Crippen LogP contribution in [0.5, 0.6) is 17.2 Å². The molecule has 0 fully saturated rings. The molecule has 38 heavy (non-hydrogen) atoms. The summed E-state index contributed by atoms with van der Waals surface area (Å²) in [6, 6.07) is 23.7. The Bertz CT molecular complexity index is 1120. The van der Waals surface area contributed by atoms with Crippen LogP contribution in [0.15, 0.2) is 83.3 Å².